The van der Waals surface area contributed by atoms with Gasteiger partial charge in [-0.15, -0.1) is 0 Å². The van der Waals surface area contributed by atoms with Gasteiger partial charge < -0.3 is 9.64 Å². The Morgan fingerprint density at radius 1 is 1.15 bits per heavy atom. The summed E-state index contributed by atoms with van der Waals surface area (Å²) >= 11 is 0. The number of aryl methyl sites for hydroxylation is 2. The van der Waals surface area contributed by atoms with E-state index < -0.39 is 10.0 Å². The van der Waals surface area contributed by atoms with Crippen molar-refractivity contribution in [1.82, 2.24) is 4.72 Å². The van der Waals surface area contributed by atoms with Crippen LogP contribution in [0.15, 0.2) is 47.4 Å². The zero-order valence-electron chi connectivity index (χ0n) is 15.7. The van der Waals surface area contributed by atoms with Crippen LogP contribution in [-0.4, -0.2) is 34.5 Å². The summed E-state index contributed by atoms with van der Waals surface area (Å²) in [6, 6.07) is 12.5. The highest BCUT2D eigenvalue weighted by Gasteiger charge is 2.31. The molecule has 1 atom stereocenters. The number of amides is 1. The summed E-state index contributed by atoms with van der Waals surface area (Å²) in [5.74, 6) is 0.652. The first-order valence-corrected chi connectivity index (χ1v) is 10.3. The largest absolute Gasteiger partial charge is 0.497 e. The van der Waals surface area contributed by atoms with Crippen LogP contribution in [0.3, 0.4) is 0 Å². The van der Waals surface area contributed by atoms with Crippen LogP contribution in [0, 0.1) is 19.8 Å². The molecule has 2 aromatic carbocycles. The molecule has 2 aromatic rings. The monoisotopic (exact) mass is 388 g/mol. The van der Waals surface area contributed by atoms with Gasteiger partial charge in [-0.05, 0) is 55.7 Å². The Balaban J connectivity index is 1.65. The van der Waals surface area contributed by atoms with Gasteiger partial charge in [-0.1, -0.05) is 17.7 Å². The number of anilines is 1. The van der Waals surface area contributed by atoms with E-state index in [0.29, 0.717) is 18.5 Å². The molecular weight excluding hydrogens is 364 g/mol. The van der Waals surface area contributed by atoms with Crippen LogP contribution >= 0.6 is 0 Å². The predicted molar refractivity (Wildman–Crippen MR) is 105 cm³/mol. The first kappa shape index (κ1) is 19.4. The molecule has 144 valence electrons. The molecule has 1 aliphatic heterocycles. The summed E-state index contributed by atoms with van der Waals surface area (Å²) in [7, 11) is -2.01. The van der Waals surface area contributed by atoms with Gasteiger partial charge in [0, 0.05) is 25.2 Å². The van der Waals surface area contributed by atoms with Crippen molar-refractivity contribution in [3.8, 4) is 5.75 Å². The van der Waals surface area contributed by atoms with E-state index in [9.17, 15) is 13.2 Å². The maximum atomic E-state index is 12.6. The van der Waals surface area contributed by atoms with E-state index in [-0.39, 0.29) is 23.3 Å². The molecule has 1 N–H and O–H groups in total. The van der Waals surface area contributed by atoms with Gasteiger partial charge >= 0.3 is 0 Å². The van der Waals surface area contributed by atoms with Crippen LogP contribution in [0.2, 0.25) is 0 Å². The average Bonchev–Trinajstić information content (AvgIpc) is 3.01. The van der Waals surface area contributed by atoms with Crippen LogP contribution in [0.25, 0.3) is 0 Å². The second-order valence-electron chi connectivity index (χ2n) is 6.89. The highest BCUT2D eigenvalue weighted by Crippen LogP contribution is 2.27. The summed E-state index contributed by atoms with van der Waals surface area (Å²) in [5.41, 5.74) is 2.52. The number of hydrogen-bond donors (Lipinski definition) is 1. The highest BCUT2D eigenvalue weighted by molar-refractivity contribution is 7.89. The van der Waals surface area contributed by atoms with Crippen LogP contribution in [-0.2, 0) is 14.8 Å². The Morgan fingerprint density at radius 3 is 2.48 bits per heavy atom. The number of hydrogen-bond acceptors (Lipinski definition) is 4. The molecule has 7 heteroatoms. The Kier molecular flexibility index (Phi) is 5.53. The van der Waals surface area contributed by atoms with Crippen LogP contribution in [0.1, 0.15) is 17.5 Å². The Bertz CT molecular complexity index is 939. The summed E-state index contributed by atoms with van der Waals surface area (Å²) < 4.78 is 33.0. The minimum atomic E-state index is -3.60. The fourth-order valence-electron chi connectivity index (χ4n) is 3.34. The number of ether oxygens (including phenoxy) is 1. The smallest absolute Gasteiger partial charge is 0.240 e. The third-order valence-electron chi connectivity index (χ3n) is 4.77. The normalized spacial score (nSPS) is 17.4. The van der Waals surface area contributed by atoms with Gasteiger partial charge in [0.05, 0.1) is 12.0 Å². The average molecular weight is 388 g/mol. The summed E-state index contributed by atoms with van der Waals surface area (Å²) in [6.07, 6.45) is 0.321. The molecule has 1 heterocycles. The molecule has 1 fully saturated rings. The summed E-state index contributed by atoms with van der Waals surface area (Å²) in [5, 5.41) is 0. The zero-order chi connectivity index (χ0) is 19.6. The number of benzene rings is 2. The van der Waals surface area contributed by atoms with Crippen molar-refractivity contribution in [3.05, 3.63) is 53.6 Å². The van der Waals surface area contributed by atoms with E-state index in [4.69, 9.17) is 4.74 Å². The predicted octanol–water partition coefficient (Wildman–Crippen LogP) is 2.64. The lowest BCUT2D eigenvalue weighted by atomic mass is 10.1. The quantitative estimate of drug-likeness (QED) is 0.825. The lowest BCUT2D eigenvalue weighted by molar-refractivity contribution is -0.117. The topological polar surface area (TPSA) is 75.7 Å². The molecule has 1 saturated heterocycles. The van der Waals surface area contributed by atoms with Crippen LogP contribution in [0.5, 0.6) is 5.75 Å². The molecule has 27 heavy (non-hydrogen) atoms. The van der Waals surface area contributed by atoms with Gasteiger partial charge in [-0.2, -0.15) is 0 Å². The van der Waals surface area contributed by atoms with Gasteiger partial charge in [0.1, 0.15) is 5.75 Å². The number of carbonyl (C=O) groups is 1. The van der Waals surface area contributed by atoms with E-state index in [1.807, 2.05) is 25.1 Å². The van der Waals surface area contributed by atoms with Crippen molar-refractivity contribution >= 4 is 21.6 Å². The number of nitrogens with one attached hydrogen (secondary N) is 1. The van der Waals surface area contributed by atoms with Crippen molar-refractivity contribution in [2.24, 2.45) is 5.92 Å². The second-order valence-corrected chi connectivity index (χ2v) is 8.63. The minimum absolute atomic E-state index is 0.00381. The lowest BCUT2D eigenvalue weighted by Gasteiger charge is -2.17. The van der Waals surface area contributed by atoms with Gasteiger partial charge in [0.25, 0.3) is 0 Å². The van der Waals surface area contributed by atoms with Crippen LogP contribution in [0.4, 0.5) is 5.69 Å². The molecule has 3 rings (SSSR count). The maximum absolute atomic E-state index is 12.6. The maximum Gasteiger partial charge on any atom is 0.240 e. The molecule has 0 saturated carbocycles. The Morgan fingerprint density at radius 2 is 1.85 bits per heavy atom. The minimum Gasteiger partial charge on any atom is -0.497 e. The lowest BCUT2D eigenvalue weighted by Crippen LogP contribution is -2.31. The van der Waals surface area contributed by atoms with Crippen molar-refractivity contribution in [1.29, 1.82) is 0 Å². The number of nitrogens with zero attached hydrogens (tertiary/aromatic N) is 1. The van der Waals surface area contributed by atoms with E-state index in [1.165, 1.54) is 0 Å². The van der Waals surface area contributed by atoms with E-state index >= 15 is 0 Å². The number of rotatable bonds is 6. The van der Waals surface area contributed by atoms with Gasteiger partial charge in [0.15, 0.2) is 0 Å². The fraction of sp³-hybridized carbons (Fsp3) is 0.350. The summed E-state index contributed by atoms with van der Waals surface area (Å²) in [4.78, 5) is 14.3. The molecule has 0 bridgehead atoms. The number of methoxy groups -OCH3 is 1. The van der Waals surface area contributed by atoms with Crippen molar-refractivity contribution in [2.75, 3.05) is 25.1 Å². The highest BCUT2D eigenvalue weighted by atomic mass is 32.2. The molecule has 0 spiro atoms. The Hall–Kier alpha value is -2.38. The van der Waals surface area contributed by atoms with E-state index in [2.05, 4.69) is 4.72 Å². The summed E-state index contributed by atoms with van der Waals surface area (Å²) in [6.45, 7) is 4.43. The zero-order valence-corrected chi connectivity index (χ0v) is 16.5. The van der Waals surface area contributed by atoms with E-state index in [1.54, 1.807) is 43.2 Å². The van der Waals surface area contributed by atoms with E-state index in [0.717, 1.165) is 17.0 Å². The SMILES string of the molecule is COc1ccc(N2CC(CNS(=O)(=O)c3ccc(C)cc3C)CC2=O)cc1. The van der Waals surface area contributed by atoms with Gasteiger partial charge in [0.2, 0.25) is 15.9 Å². The standard InChI is InChI=1S/C20H24N2O4S/c1-14-4-9-19(15(2)10-14)27(24,25)21-12-16-11-20(23)22(13-16)17-5-7-18(26-3)8-6-17/h4-10,16,21H,11-13H2,1-3H3. The molecule has 1 unspecified atom stereocenters. The fourth-order valence-corrected chi connectivity index (χ4v) is 4.68. The van der Waals surface area contributed by atoms with Crippen molar-refractivity contribution in [2.45, 2.75) is 25.2 Å². The number of sulfonamides is 1. The first-order chi connectivity index (χ1) is 12.8. The third kappa shape index (κ3) is 4.31. The molecular formula is C20H24N2O4S. The first-order valence-electron chi connectivity index (χ1n) is 8.81. The Labute approximate surface area is 160 Å². The molecule has 0 radical (unpaired) electrons. The van der Waals surface area contributed by atoms with Crippen molar-refractivity contribution in [3.63, 3.8) is 0 Å². The number of carbonyl (C=O) groups excluding carboxylic acids is 1. The van der Waals surface area contributed by atoms with Crippen molar-refractivity contribution < 1.29 is 17.9 Å². The van der Waals surface area contributed by atoms with Gasteiger partial charge in [-0.25, -0.2) is 13.1 Å². The third-order valence-corrected chi connectivity index (χ3v) is 6.35. The van der Waals surface area contributed by atoms with Gasteiger partial charge in [-0.3, -0.25) is 4.79 Å². The molecule has 6 nitrogen and oxygen atoms in total. The molecule has 1 amide bonds. The van der Waals surface area contributed by atoms with Crippen LogP contribution < -0.4 is 14.4 Å². The molecule has 0 aromatic heterocycles. The molecule has 0 aliphatic carbocycles. The second kappa shape index (κ2) is 7.70. The molecule has 1 aliphatic rings.